The van der Waals surface area contributed by atoms with E-state index in [0.717, 1.165) is 12.1 Å². The predicted octanol–water partition coefficient (Wildman–Crippen LogP) is 1.97. The van der Waals surface area contributed by atoms with Gasteiger partial charge in [0.05, 0.1) is 4.92 Å². The molecule has 15 heavy (non-hydrogen) atoms. The first kappa shape index (κ1) is 11.6. The van der Waals surface area contributed by atoms with Crippen LogP contribution in [0.2, 0.25) is 0 Å². The molecule has 4 nitrogen and oxygen atoms in total. The van der Waals surface area contributed by atoms with Crippen LogP contribution in [0, 0.1) is 15.9 Å². The van der Waals surface area contributed by atoms with Gasteiger partial charge in [0.15, 0.2) is 0 Å². The zero-order valence-electron chi connectivity index (χ0n) is 8.66. The number of hydrogen-bond donors (Lipinski definition) is 1. The molecule has 0 radical (unpaired) electrons. The van der Waals surface area contributed by atoms with Gasteiger partial charge in [-0.3, -0.25) is 10.1 Å². The number of halogens is 1. The third-order valence-corrected chi connectivity index (χ3v) is 2.40. The second-order valence-electron chi connectivity index (χ2n) is 4.01. The van der Waals surface area contributed by atoms with Crippen LogP contribution in [0.3, 0.4) is 0 Å². The Hall–Kier alpha value is -1.49. The number of nitrogens with zero attached hydrogens (tertiary/aromatic N) is 1. The molecule has 0 atom stereocenters. The van der Waals surface area contributed by atoms with Gasteiger partial charge in [-0.15, -0.1) is 0 Å². The monoisotopic (exact) mass is 212 g/mol. The van der Waals surface area contributed by atoms with Gasteiger partial charge in [-0.25, -0.2) is 4.39 Å². The minimum atomic E-state index is -0.601. The highest BCUT2D eigenvalue weighted by Gasteiger charge is 2.24. The minimum Gasteiger partial charge on any atom is -0.330 e. The predicted molar refractivity (Wildman–Crippen MR) is 55.1 cm³/mol. The van der Waals surface area contributed by atoms with Crippen LogP contribution in [0.5, 0.6) is 0 Å². The molecule has 0 aliphatic rings. The zero-order chi connectivity index (χ0) is 11.6. The number of non-ortho nitro benzene ring substituents is 1. The van der Waals surface area contributed by atoms with Gasteiger partial charge in [0.1, 0.15) is 5.82 Å². The van der Waals surface area contributed by atoms with E-state index in [1.165, 1.54) is 6.07 Å². The number of hydrogen-bond acceptors (Lipinski definition) is 3. The Bertz CT molecular complexity index is 391. The minimum absolute atomic E-state index is 0.118. The molecule has 0 aromatic heterocycles. The van der Waals surface area contributed by atoms with E-state index in [1.807, 2.05) is 0 Å². The number of nitro benzene ring substituents is 1. The van der Waals surface area contributed by atoms with Crippen LogP contribution < -0.4 is 5.73 Å². The molecule has 0 unspecified atom stereocenters. The molecule has 0 saturated carbocycles. The van der Waals surface area contributed by atoms with E-state index in [4.69, 9.17) is 5.73 Å². The van der Waals surface area contributed by atoms with Gasteiger partial charge in [0, 0.05) is 29.7 Å². The molecule has 0 spiro atoms. The first-order valence-corrected chi connectivity index (χ1v) is 4.53. The summed E-state index contributed by atoms with van der Waals surface area (Å²) in [6.45, 7) is 3.72. The summed E-state index contributed by atoms with van der Waals surface area (Å²) in [5, 5.41) is 10.5. The normalized spacial score (nSPS) is 11.5. The summed E-state index contributed by atoms with van der Waals surface area (Å²) in [6, 6.07) is 3.48. The van der Waals surface area contributed by atoms with Crippen molar-refractivity contribution in [1.29, 1.82) is 0 Å². The quantitative estimate of drug-likeness (QED) is 0.615. The van der Waals surface area contributed by atoms with Crippen molar-refractivity contribution in [3.63, 3.8) is 0 Å². The van der Waals surface area contributed by atoms with Gasteiger partial charge < -0.3 is 5.73 Å². The summed E-state index contributed by atoms with van der Waals surface area (Å²) in [4.78, 5) is 9.99. The van der Waals surface area contributed by atoms with Crippen molar-refractivity contribution < 1.29 is 9.31 Å². The van der Waals surface area contributed by atoms with Crippen LogP contribution >= 0.6 is 0 Å². The van der Waals surface area contributed by atoms with Crippen molar-refractivity contribution in [2.75, 3.05) is 6.54 Å². The maximum Gasteiger partial charge on any atom is 0.269 e. The van der Waals surface area contributed by atoms with Crippen LogP contribution in [0.4, 0.5) is 10.1 Å². The van der Waals surface area contributed by atoms with Gasteiger partial charge in [-0.05, 0) is 6.07 Å². The summed E-state index contributed by atoms with van der Waals surface area (Å²) >= 11 is 0. The van der Waals surface area contributed by atoms with E-state index in [9.17, 15) is 14.5 Å². The lowest BCUT2D eigenvalue weighted by molar-refractivity contribution is -0.385. The summed E-state index contributed by atoms with van der Waals surface area (Å²) in [7, 11) is 0. The number of benzene rings is 1. The topological polar surface area (TPSA) is 69.2 Å². The van der Waals surface area contributed by atoms with Crippen molar-refractivity contribution >= 4 is 5.69 Å². The van der Waals surface area contributed by atoms with Crippen molar-refractivity contribution in [2.45, 2.75) is 19.3 Å². The molecule has 0 heterocycles. The van der Waals surface area contributed by atoms with Crippen LogP contribution in [0.25, 0.3) is 0 Å². The van der Waals surface area contributed by atoms with Gasteiger partial charge in [0.2, 0.25) is 0 Å². The molecule has 0 amide bonds. The summed E-state index contributed by atoms with van der Waals surface area (Å²) < 4.78 is 13.4. The average molecular weight is 212 g/mol. The second-order valence-corrected chi connectivity index (χ2v) is 4.01. The van der Waals surface area contributed by atoms with Gasteiger partial charge >= 0.3 is 0 Å². The molecule has 0 saturated heterocycles. The summed E-state index contributed by atoms with van der Waals surface area (Å²) in [5.74, 6) is -0.462. The van der Waals surface area contributed by atoms with E-state index in [2.05, 4.69) is 0 Å². The van der Waals surface area contributed by atoms with Crippen LogP contribution in [-0.4, -0.2) is 11.5 Å². The van der Waals surface area contributed by atoms with Crippen molar-refractivity contribution in [1.82, 2.24) is 0 Å². The Labute approximate surface area is 87.0 Å². The van der Waals surface area contributed by atoms with Crippen LogP contribution in [-0.2, 0) is 5.41 Å². The van der Waals surface area contributed by atoms with Crippen molar-refractivity contribution in [3.8, 4) is 0 Å². The maximum absolute atomic E-state index is 13.4. The van der Waals surface area contributed by atoms with Crippen molar-refractivity contribution in [3.05, 3.63) is 39.7 Å². The standard InChI is InChI=1S/C10H13FN2O2/c1-10(2,6-12)8-5-7(13(14)15)3-4-9(8)11/h3-5H,6,12H2,1-2H3. The molecular formula is C10H13FN2O2. The zero-order valence-corrected chi connectivity index (χ0v) is 8.66. The maximum atomic E-state index is 13.4. The number of nitro groups is 1. The molecule has 0 bridgehead atoms. The third-order valence-electron chi connectivity index (χ3n) is 2.40. The Morgan fingerprint density at radius 2 is 2.13 bits per heavy atom. The SMILES string of the molecule is CC(C)(CN)c1cc([N+](=O)[O-])ccc1F. The Kier molecular flexibility index (Phi) is 3.04. The lowest BCUT2D eigenvalue weighted by Crippen LogP contribution is -2.29. The van der Waals surface area contributed by atoms with E-state index in [-0.39, 0.29) is 17.8 Å². The van der Waals surface area contributed by atoms with Crippen LogP contribution in [0.15, 0.2) is 18.2 Å². The molecule has 1 aromatic carbocycles. The van der Waals surface area contributed by atoms with Crippen LogP contribution in [0.1, 0.15) is 19.4 Å². The highest BCUT2D eigenvalue weighted by Crippen LogP contribution is 2.27. The first-order chi connectivity index (χ1) is 6.88. The largest absolute Gasteiger partial charge is 0.330 e. The van der Waals surface area contributed by atoms with Gasteiger partial charge in [-0.2, -0.15) is 0 Å². The Balaban J connectivity index is 3.28. The molecule has 1 aromatic rings. The lowest BCUT2D eigenvalue weighted by Gasteiger charge is -2.23. The fraction of sp³-hybridized carbons (Fsp3) is 0.400. The molecule has 0 aliphatic carbocycles. The molecular weight excluding hydrogens is 199 g/mol. The molecule has 1 rings (SSSR count). The van der Waals surface area contributed by atoms with E-state index in [1.54, 1.807) is 13.8 Å². The number of rotatable bonds is 3. The van der Waals surface area contributed by atoms with Crippen molar-refractivity contribution in [2.24, 2.45) is 5.73 Å². The highest BCUT2D eigenvalue weighted by atomic mass is 19.1. The summed E-state index contributed by atoms with van der Waals surface area (Å²) in [6.07, 6.45) is 0. The second kappa shape index (κ2) is 3.94. The van der Waals surface area contributed by atoms with Gasteiger partial charge in [0.25, 0.3) is 5.69 Å². The fourth-order valence-electron chi connectivity index (χ4n) is 1.26. The van der Waals surface area contributed by atoms with E-state index < -0.39 is 16.2 Å². The number of nitrogens with two attached hydrogens (primary N) is 1. The molecule has 5 heteroatoms. The molecule has 0 fully saturated rings. The Morgan fingerprint density at radius 3 is 2.60 bits per heavy atom. The molecule has 82 valence electrons. The smallest absolute Gasteiger partial charge is 0.269 e. The lowest BCUT2D eigenvalue weighted by atomic mass is 9.84. The Morgan fingerprint density at radius 1 is 1.53 bits per heavy atom. The average Bonchev–Trinajstić information content (AvgIpc) is 2.17. The molecule has 2 N–H and O–H groups in total. The first-order valence-electron chi connectivity index (χ1n) is 4.53. The third kappa shape index (κ3) is 2.30. The fourth-order valence-corrected chi connectivity index (χ4v) is 1.26. The summed E-state index contributed by atoms with van der Waals surface area (Å²) in [5.41, 5.74) is 5.06. The van der Waals surface area contributed by atoms with E-state index >= 15 is 0 Å². The molecule has 0 aliphatic heterocycles. The van der Waals surface area contributed by atoms with E-state index in [0.29, 0.717) is 0 Å². The highest BCUT2D eigenvalue weighted by molar-refractivity contribution is 5.39. The van der Waals surface area contributed by atoms with Gasteiger partial charge in [-0.1, -0.05) is 13.8 Å².